The fourth-order valence-corrected chi connectivity index (χ4v) is 2.85. The largest absolute Gasteiger partial charge is 0.314 e. The van der Waals surface area contributed by atoms with Crippen molar-refractivity contribution < 1.29 is 8.78 Å². The van der Waals surface area contributed by atoms with Gasteiger partial charge in [0.25, 0.3) is 0 Å². The maximum absolute atomic E-state index is 12.8. The number of alkyl halides is 2. The number of halogens is 4. The Hall–Kier alpha value is -0.420. The zero-order valence-corrected chi connectivity index (χ0v) is 11.9. The second kappa shape index (κ2) is 6.84. The van der Waals surface area contributed by atoms with Gasteiger partial charge in [-0.1, -0.05) is 35.3 Å². The lowest BCUT2D eigenvalue weighted by Gasteiger charge is -2.35. The van der Waals surface area contributed by atoms with Gasteiger partial charge in [0.15, 0.2) is 0 Å². The Kier molecular flexibility index (Phi) is 5.39. The molecular weight excluding hydrogens is 293 g/mol. The molecule has 19 heavy (non-hydrogen) atoms. The molecule has 1 saturated heterocycles. The lowest BCUT2D eigenvalue weighted by atomic mass is 10.0. The monoisotopic (exact) mass is 308 g/mol. The summed E-state index contributed by atoms with van der Waals surface area (Å²) in [6, 6.07) is 4.83. The van der Waals surface area contributed by atoms with Gasteiger partial charge < -0.3 is 5.32 Å². The van der Waals surface area contributed by atoms with Gasteiger partial charge in [0.1, 0.15) is 0 Å². The molecule has 1 N–H and O–H groups in total. The average Bonchev–Trinajstić information content (AvgIpc) is 2.40. The van der Waals surface area contributed by atoms with E-state index in [0.29, 0.717) is 15.6 Å². The number of hydrogen-bond acceptors (Lipinski definition) is 2. The number of nitrogens with zero attached hydrogens (tertiary/aromatic N) is 1. The van der Waals surface area contributed by atoms with Crippen LogP contribution in [0.5, 0.6) is 0 Å². The summed E-state index contributed by atoms with van der Waals surface area (Å²) in [5.74, 6) is 0. The highest BCUT2D eigenvalue weighted by Crippen LogP contribution is 2.35. The predicted molar refractivity (Wildman–Crippen MR) is 74.3 cm³/mol. The van der Waals surface area contributed by atoms with Crippen molar-refractivity contribution in [2.45, 2.75) is 18.9 Å². The van der Waals surface area contributed by atoms with E-state index in [9.17, 15) is 8.78 Å². The van der Waals surface area contributed by atoms with Crippen LogP contribution in [0.3, 0.4) is 0 Å². The number of benzene rings is 1. The highest BCUT2D eigenvalue weighted by Gasteiger charge is 2.27. The molecule has 0 bridgehead atoms. The van der Waals surface area contributed by atoms with Gasteiger partial charge >= 0.3 is 0 Å². The topological polar surface area (TPSA) is 15.3 Å². The van der Waals surface area contributed by atoms with Crippen molar-refractivity contribution in [3.8, 4) is 0 Å². The van der Waals surface area contributed by atoms with Gasteiger partial charge in [0.05, 0.1) is 10.0 Å². The first-order valence-corrected chi connectivity index (χ1v) is 7.02. The minimum Gasteiger partial charge on any atom is -0.314 e. The zero-order valence-electron chi connectivity index (χ0n) is 10.4. The van der Waals surface area contributed by atoms with Crippen molar-refractivity contribution in [3.05, 3.63) is 33.8 Å². The quantitative estimate of drug-likeness (QED) is 0.914. The molecule has 1 heterocycles. The van der Waals surface area contributed by atoms with E-state index in [0.717, 1.165) is 26.2 Å². The lowest BCUT2D eigenvalue weighted by molar-refractivity contribution is 0.0739. The van der Waals surface area contributed by atoms with Crippen LogP contribution in [0, 0.1) is 0 Å². The Bertz CT molecular complexity index is 423. The Morgan fingerprint density at radius 3 is 2.53 bits per heavy atom. The van der Waals surface area contributed by atoms with E-state index in [1.165, 1.54) is 0 Å². The maximum atomic E-state index is 12.8. The number of rotatable bonds is 4. The maximum Gasteiger partial charge on any atom is 0.240 e. The summed E-state index contributed by atoms with van der Waals surface area (Å²) in [5, 5.41) is 4.01. The molecule has 0 aromatic heterocycles. The summed E-state index contributed by atoms with van der Waals surface area (Å²) in [4.78, 5) is 2.04. The summed E-state index contributed by atoms with van der Waals surface area (Å²) in [7, 11) is 0. The molecule has 2 rings (SSSR count). The Labute approximate surface area is 121 Å². The van der Waals surface area contributed by atoms with Crippen molar-refractivity contribution in [2.24, 2.45) is 0 Å². The van der Waals surface area contributed by atoms with E-state index in [-0.39, 0.29) is 12.5 Å². The van der Waals surface area contributed by atoms with Crippen LogP contribution in [0.2, 0.25) is 10.0 Å². The van der Waals surface area contributed by atoms with Crippen LogP contribution >= 0.6 is 23.2 Å². The molecule has 2 nitrogen and oxygen atoms in total. The molecule has 6 heteroatoms. The predicted octanol–water partition coefficient (Wildman–Crippen LogP) is 3.59. The zero-order chi connectivity index (χ0) is 13.8. The smallest absolute Gasteiger partial charge is 0.240 e. The fraction of sp³-hybridized carbons (Fsp3) is 0.538. The first-order chi connectivity index (χ1) is 9.09. The minimum atomic E-state index is -2.37. The Morgan fingerprint density at radius 2 is 1.89 bits per heavy atom. The summed E-state index contributed by atoms with van der Waals surface area (Å²) in [6.45, 7) is 3.08. The SMILES string of the molecule is FC(F)C[C@@H](c1cccc(Cl)c1Cl)N1CCNCC1. The first-order valence-electron chi connectivity index (χ1n) is 6.26. The van der Waals surface area contributed by atoms with Crippen LogP contribution in [-0.2, 0) is 0 Å². The van der Waals surface area contributed by atoms with Crippen molar-refractivity contribution in [1.29, 1.82) is 0 Å². The summed E-state index contributed by atoms with van der Waals surface area (Å²) >= 11 is 12.2. The van der Waals surface area contributed by atoms with Crippen molar-refractivity contribution >= 4 is 23.2 Å². The molecule has 1 fully saturated rings. The van der Waals surface area contributed by atoms with E-state index in [4.69, 9.17) is 23.2 Å². The van der Waals surface area contributed by atoms with Gasteiger partial charge in [-0.25, -0.2) is 8.78 Å². The molecule has 1 aromatic rings. The second-order valence-corrected chi connectivity index (χ2v) is 5.36. The third-order valence-corrected chi connectivity index (χ3v) is 4.17. The van der Waals surface area contributed by atoms with E-state index < -0.39 is 6.43 Å². The Balaban J connectivity index is 2.27. The van der Waals surface area contributed by atoms with E-state index in [2.05, 4.69) is 5.32 Å². The van der Waals surface area contributed by atoms with E-state index in [1.54, 1.807) is 18.2 Å². The van der Waals surface area contributed by atoms with Crippen LogP contribution in [0.25, 0.3) is 0 Å². The molecule has 0 unspecified atom stereocenters. The molecule has 0 radical (unpaired) electrons. The van der Waals surface area contributed by atoms with Gasteiger partial charge in [0.2, 0.25) is 6.43 Å². The molecule has 0 aliphatic carbocycles. The molecule has 1 aliphatic rings. The van der Waals surface area contributed by atoms with Crippen LogP contribution in [-0.4, -0.2) is 37.5 Å². The van der Waals surface area contributed by atoms with Crippen molar-refractivity contribution in [1.82, 2.24) is 10.2 Å². The molecule has 0 amide bonds. The number of nitrogens with one attached hydrogen (secondary N) is 1. The van der Waals surface area contributed by atoms with Crippen LogP contribution in [0.4, 0.5) is 8.78 Å². The first kappa shape index (κ1) is 15.0. The van der Waals surface area contributed by atoms with Gasteiger partial charge in [0, 0.05) is 38.6 Å². The highest BCUT2D eigenvalue weighted by atomic mass is 35.5. The standard InChI is InChI=1S/C13H16Cl2F2N2/c14-10-3-1-2-9(13(10)15)11(8-12(16)17)19-6-4-18-5-7-19/h1-3,11-12,18H,4-8H2/t11-/m0/s1. The van der Waals surface area contributed by atoms with Crippen LogP contribution in [0.1, 0.15) is 18.0 Å². The molecule has 1 aliphatic heterocycles. The molecule has 106 valence electrons. The van der Waals surface area contributed by atoms with Gasteiger partial charge in [-0.3, -0.25) is 4.90 Å². The normalized spacial score (nSPS) is 18.8. The minimum absolute atomic E-state index is 0.222. The van der Waals surface area contributed by atoms with Crippen molar-refractivity contribution in [3.63, 3.8) is 0 Å². The Morgan fingerprint density at radius 1 is 1.21 bits per heavy atom. The third-order valence-electron chi connectivity index (χ3n) is 3.33. The van der Waals surface area contributed by atoms with Gasteiger partial charge in [-0.05, 0) is 11.6 Å². The molecule has 0 spiro atoms. The van der Waals surface area contributed by atoms with E-state index >= 15 is 0 Å². The number of hydrogen-bond donors (Lipinski definition) is 1. The van der Waals surface area contributed by atoms with Gasteiger partial charge in [-0.2, -0.15) is 0 Å². The summed E-state index contributed by atoms with van der Waals surface area (Å²) < 4.78 is 25.7. The lowest BCUT2D eigenvalue weighted by Crippen LogP contribution is -2.45. The van der Waals surface area contributed by atoms with Crippen LogP contribution in [0.15, 0.2) is 18.2 Å². The van der Waals surface area contributed by atoms with E-state index in [1.807, 2.05) is 4.90 Å². The number of piperazine rings is 1. The summed E-state index contributed by atoms with van der Waals surface area (Å²) in [5.41, 5.74) is 0.691. The van der Waals surface area contributed by atoms with Crippen molar-refractivity contribution in [2.75, 3.05) is 26.2 Å². The average molecular weight is 309 g/mol. The third kappa shape index (κ3) is 3.78. The second-order valence-electron chi connectivity index (χ2n) is 4.57. The molecule has 0 saturated carbocycles. The molecule has 1 aromatic carbocycles. The molecular formula is C13H16Cl2F2N2. The highest BCUT2D eigenvalue weighted by molar-refractivity contribution is 6.42. The molecule has 1 atom stereocenters. The summed E-state index contributed by atoms with van der Waals surface area (Å²) in [6.07, 6.45) is -2.59. The van der Waals surface area contributed by atoms with Crippen LogP contribution < -0.4 is 5.32 Å². The fourth-order valence-electron chi connectivity index (χ4n) is 2.41. The van der Waals surface area contributed by atoms with Gasteiger partial charge in [-0.15, -0.1) is 0 Å².